The van der Waals surface area contributed by atoms with Gasteiger partial charge in [-0.25, -0.2) is 0 Å². The minimum atomic E-state index is -0.383. The second-order valence-electron chi connectivity index (χ2n) is 5.20. The molecule has 3 N–H and O–H groups in total. The Morgan fingerprint density at radius 3 is 2.61 bits per heavy atom. The van der Waals surface area contributed by atoms with Crippen molar-refractivity contribution in [1.29, 1.82) is 0 Å². The number of hydrogen-bond donors (Lipinski definition) is 3. The van der Waals surface area contributed by atoms with Crippen LogP contribution in [0, 0.1) is 0 Å². The van der Waals surface area contributed by atoms with Gasteiger partial charge in [0.2, 0.25) is 0 Å². The predicted molar refractivity (Wildman–Crippen MR) is 91.2 cm³/mol. The number of amides is 2. The Kier molecular flexibility index (Phi) is 7.85. The molecule has 0 aliphatic heterocycles. The Hall–Kier alpha value is -1.79. The monoisotopic (exact) mass is 342 g/mol. The Morgan fingerprint density at radius 1 is 1.35 bits per heavy atom. The van der Waals surface area contributed by atoms with Gasteiger partial charge in [0.25, 0.3) is 11.8 Å². The smallest absolute Gasteiger partial charge is 0.282 e. The van der Waals surface area contributed by atoms with Crippen LogP contribution >= 0.6 is 11.6 Å². The number of rotatable bonds is 8. The van der Waals surface area contributed by atoms with Gasteiger partial charge in [-0.1, -0.05) is 11.6 Å². The van der Waals surface area contributed by atoms with Crippen molar-refractivity contribution in [2.75, 3.05) is 32.1 Å². The first-order chi connectivity index (χ1) is 10.9. The van der Waals surface area contributed by atoms with Gasteiger partial charge in [0, 0.05) is 11.6 Å². The highest BCUT2D eigenvalue weighted by molar-refractivity contribution is 6.31. The molecule has 0 saturated carbocycles. The number of halogens is 1. The van der Waals surface area contributed by atoms with E-state index in [2.05, 4.69) is 10.6 Å². The van der Waals surface area contributed by atoms with Gasteiger partial charge in [-0.05, 0) is 39.0 Å². The molecule has 0 radical (unpaired) electrons. The van der Waals surface area contributed by atoms with Crippen LogP contribution < -0.4 is 20.3 Å². The summed E-state index contributed by atoms with van der Waals surface area (Å²) in [5.74, 6) is 0.285. The maximum absolute atomic E-state index is 12.5. The third kappa shape index (κ3) is 5.73. The molecule has 0 saturated heterocycles. The zero-order valence-corrected chi connectivity index (χ0v) is 14.8. The van der Waals surface area contributed by atoms with Crippen LogP contribution in [0.3, 0.4) is 0 Å². The molecule has 0 heterocycles. The predicted octanol–water partition coefficient (Wildman–Crippen LogP) is 0.717. The van der Waals surface area contributed by atoms with E-state index >= 15 is 0 Å². The average molecular weight is 343 g/mol. The average Bonchev–Trinajstić information content (AvgIpc) is 2.52. The van der Waals surface area contributed by atoms with Crippen molar-refractivity contribution in [3.63, 3.8) is 0 Å². The molecule has 1 rings (SSSR count). The van der Waals surface area contributed by atoms with E-state index in [9.17, 15) is 9.59 Å². The van der Waals surface area contributed by atoms with E-state index in [1.807, 2.05) is 13.8 Å². The van der Waals surface area contributed by atoms with E-state index in [-0.39, 0.29) is 24.4 Å². The van der Waals surface area contributed by atoms with Crippen molar-refractivity contribution >= 4 is 29.1 Å². The lowest BCUT2D eigenvalue weighted by atomic mass is 10.2. The molecule has 6 nitrogen and oxygen atoms in total. The summed E-state index contributed by atoms with van der Waals surface area (Å²) >= 11 is 5.97. The second-order valence-corrected chi connectivity index (χ2v) is 5.63. The van der Waals surface area contributed by atoms with E-state index in [0.717, 1.165) is 4.90 Å². The minimum absolute atomic E-state index is 0.0654. The van der Waals surface area contributed by atoms with Crippen molar-refractivity contribution < 1.29 is 19.2 Å². The zero-order valence-electron chi connectivity index (χ0n) is 14.0. The molecule has 1 aromatic rings. The number of nitrogens with one attached hydrogen (secondary N) is 3. The summed E-state index contributed by atoms with van der Waals surface area (Å²) in [6.45, 7) is 7.11. The van der Waals surface area contributed by atoms with Gasteiger partial charge in [-0.2, -0.15) is 0 Å². The molecule has 2 amide bonds. The summed E-state index contributed by atoms with van der Waals surface area (Å²) in [5.41, 5.74) is 0.519. The third-order valence-corrected chi connectivity index (χ3v) is 3.88. The summed E-state index contributed by atoms with van der Waals surface area (Å²) in [7, 11) is 1.53. The Morgan fingerprint density at radius 2 is 2.04 bits per heavy atom. The Labute approximate surface area is 142 Å². The van der Waals surface area contributed by atoms with Gasteiger partial charge >= 0.3 is 0 Å². The number of benzene rings is 1. The minimum Gasteiger partial charge on any atom is -0.495 e. The zero-order chi connectivity index (χ0) is 17.4. The van der Waals surface area contributed by atoms with Gasteiger partial charge < -0.3 is 20.3 Å². The van der Waals surface area contributed by atoms with Crippen molar-refractivity contribution in [3.05, 3.63) is 23.2 Å². The van der Waals surface area contributed by atoms with E-state index in [1.54, 1.807) is 25.1 Å². The third-order valence-electron chi connectivity index (χ3n) is 3.64. The molecule has 0 aliphatic rings. The molecule has 128 valence electrons. The fourth-order valence-corrected chi connectivity index (χ4v) is 2.43. The van der Waals surface area contributed by atoms with Crippen LogP contribution in [0.15, 0.2) is 18.2 Å². The number of ether oxygens (including phenoxy) is 1. The lowest BCUT2D eigenvalue weighted by Crippen LogP contribution is -3.17. The molecule has 7 heteroatoms. The topological polar surface area (TPSA) is 71.9 Å². The van der Waals surface area contributed by atoms with Gasteiger partial charge in [-0.15, -0.1) is 0 Å². The van der Waals surface area contributed by atoms with Crippen LogP contribution in [0.4, 0.5) is 5.69 Å². The molecule has 1 aromatic carbocycles. The summed E-state index contributed by atoms with van der Waals surface area (Å²) in [6, 6.07) is 4.65. The number of methoxy groups -OCH3 is 1. The number of hydrogen-bond acceptors (Lipinski definition) is 3. The van der Waals surface area contributed by atoms with Crippen LogP contribution in [-0.4, -0.2) is 44.6 Å². The lowest BCUT2D eigenvalue weighted by Gasteiger charge is -2.23. The first-order valence-electron chi connectivity index (χ1n) is 7.68. The van der Waals surface area contributed by atoms with Gasteiger partial charge in [0.15, 0.2) is 12.6 Å². The lowest BCUT2D eigenvalue weighted by molar-refractivity contribution is -0.904. The molecule has 0 bridgehead atoms. The molecule has 23 heavy (non-hydrogen) atoms. The number of quaternary nitrogens is 1. The number of carbonyl (C=O) groups is 2. The highest BCUT2D eigenvalue weighted by Gasteiger charge is 2.26. The summed E-state index contributed by atoms with van der Waals surface area (Å²) in [5, 5.41) is 6.08. The Bertz CT molecular complexity index is 551. The van der Waals surface area contributed by atoms with E-state index < -0.39 is 0 Å². The van der Waals surface area contributed by atoms with Gasteiger partial charge in [0.05, 0.1) is 19.3 Å². The number of likely N-dealkylation sites (N-methyl/N-ethyl adjacent to an activating group) is 2. The molecule has 0 fully saturated rings. The largest absolute Gasteiger partial charge is 0.495 e. The summed E-state index contributed by atoms with van der Waals surface area (Å²) in [6.07, 6.45) is 0. The molecule has 1 unspecified atom stereocenters. The highest BCUT2D eigenvalue weighted by atomic mass is 35.5. The van der Waals surface area contributed by atoms with Crippen molar-refractivity contribution in [2.24, 2.45) is 0 Å². The first kappa shape index (κ1) is 19.3. The maximum atomic E-state index is 12.5. The van der Waals surface area contributed by atoms with E-state index in [4.69, 9.17) is 16.3 Å². The maximum Gasteiger partial charge on any atom is 0.282 e. The molecular weight excluding hydrogens is 318 g/mol. The van der Waals surface area contributed by atoms with Crippen LogP contribution in [0.1, 0.15) is 20.8 Å². The van der Waals surface area contributed by atoms with Crippen LogP contribution in [0.5, 0.6) is 5.75 Å². The molecule has 2 atom stereocenters. The fourth-order valence-electron chi connectivity index (χ4n) is 2.25. The molecule has 0 aliphatic carbocycles. The standard InChI is InChI=1S/C16H24ClN3O3/c1-5-18-15(21)10-20(6-2)11(3)16(22)19-13-9-12(17)7-8-14(13)23-4/h7-9,11H,5-6,10H2,1-4H3,(H,18,21)(H,19,22)/p+1/t11-/m1/s1. The van der Waals surface area contributed by atoms with Crippen molar-refractivity contribution in [3.8, 4) is 5.75 Å². The fraction of sp³-hybridized carbons (Fsp3) is 0.500. The highest BCUT2D eigenvalue weighted by Crippen LogP contribution is 2.27. The second kappa shape index (κ2) is 9.37. The molecular formula is C16H25ClN3O3+. The molecule has 0 spiro atoms. The van der Waals surface area contributed by atoms with Crippen LogP contribution in [0.25, 0.3) is 0 Å². The van der Waals surface area contributed by atoms with Crippen LogP contribution in [-0.2, 0) is 9.59 Å². The van der Waals surface area contributed by atoms with Gasteiger partial charge in [0.1, 0.15) is 5.75 Å². The number of anilines is 1. The van der Waals surface area contributed by atoms with Crippen LogP contribution in [0.2, 0.25) is 5.02 Å². The van der Waals surface area contributed by atoms with Crippen molar-refractivity contribution in [2.45, 2.75) is 26.8 Å². The summed E-state index contributed by atoms with van der Waals surface area (Å²) < 4.78 is 5.22. The number of carbonyl (C=O) groups excluding carboxylic acids is 2. The van der Waals surface area contributed by atoms with E-state index in [0.29, 0.717) is 29.5 Å². The SMILES string of the molecule is CCNC(=O)C[NH+](CC)[C@H](C)C(=O)Nc1cc(Cl)ccc1OC. The van der Waals surface area contributed by atoms with Gasteiger partial charge in [-0.3, -0.25) is 9.59 Å². The molecule has 0 aromatic heterocycles. The summed E-state index contributed by atoms with van der Waals surface area (Å²) in [4.78, 5) is 25.1. The first-order valence-corrected chi connectivity index (χ1v) is 8.06. The van der Waals surface area contributed by atoms with Crippen molar-refractivity contribution in [1.82, 2.24) is 5.32 Å². The quantitative estimate of drug-likeness (QED) is 0.652. The Balaban J connectivity index is 2.79. The van der Waals surface area contributed by atoms with E-state index in [1.165, 1.54) is 7.11 Å². The normalized spacial score (nSPS) is 13.1.